The number of rotatable bonds is 6. The monoisotopic (exact) mass is 630 g/mol. The van der Waals surface area contributed by atoms with E-state index in [1.165, 1.54) is 19.1 Å². The second-order valence-electron chi connectivity index (χ2n) is 11.6. The third kappa shape index (κ3) is 7.90. The molecule has 1 aromatic carbocycles. The summed E-state index contributed by atoms with van der Waals surface area (Å²) < 4.78 is 45.0. The molecule has 2 aliphatic heterocycles. The van der Waals surface area contributed by atoms with E-state index in [9.17, 15) is 18.0 Å². The lowest BCUT2D eigenvalue weighted by Crippen LogP contribution is -2.55. The van der Waals surface area contributed by atoms with Gasteiger partial charge in [-0.1, -0.05) is 0 Å². The minimum Gasteiger partial charge on any atom is -0.496 e. The molecule has 0 aliphatic carbocycles. The molecule has 8 nitrogen and oxygen atoms in total. The summed E-state index contributed by atoms with van der Waals surface area (Å²) in [5.74, 6) is -0.558. The number of aromatic nitrogens is 2. The van der Waals surface area contributed by atoms with Crippen LogP contribution < -0.4 is 15.8 Å². The van der Waals surface area contributed by atoms with Crippen LogP contribution in [0.3, 0.4) is 0 Å². The minimum absolute atomic E-state index is 0.0966. The number of likely N-dealkylation sites (N-methyl/N-ethyl adjacent to an activating group) is 2. The molecule has 3 N–H and O–H groups in total. The molecule has 0 saturated carbocycles. The number of pyridine rings is 2. The number of halogens is 3. The molecule has 2 saturated heterocycles. The number of carbonyl (C=O) groups excluding carboxylic acids is 1. The lowest BCUT2D eigenvalue weighted by molar-refractivity contribution is -0.137. The molecular formula is C32H41F3N6O2S. The number of hydrogen-bond donors (Lipinski definition) is 2. The molecule has 3 aromatic rings. The number of ether oxygens (including phenoxy) is 1. The molecule has 0 bridgehead atoms. The average molecular weight is 631 g/mol. The zero-order chi connectivity index (χ0) is 32.0. The van der Waals surface area contributed by atoms with E-state index in [1.54, 1.807) is 18.6 Å². The molecule has 2 aliphatic rings. The highest BCUT2D eigenvalue weighted by atomic mass is 32.2. The van der Waals surface area contributed by atoms with E-state index in [2.05, 4.69) is 32.1 Å². The molecule has 2 unspecified atom stereocenters. The van der Waals surface area contributed by atoms with Gasteiger partial charge in [-0.3, -0.25) is 14.8 Å². The fourth-order valence-electron chi connectivity index (χ4n) is 6.15. The summed E-state index contributed by atoms with van der Waals surface area (Å²) in [6.07, 6.45) is 7.92. The highest BCUT2D eigenvalue weighted by Crippen LogP contribution is 2.39. The summed E-state index contributed by atoms with van der Waals surface area (Å²) in [6.45, 7) is 3.59. The Bertz CT molecular complexity index is 1370. The van der Waals surface area contributed by atoms with Gasteiger partial charge < -0.3 is 25.6 Å². The van der Waals surface area contributed by atoms with Crippen molar-refractivity contribution in [2.45, 2.75) is 47.8 Å². The molecule has 2 fully saturated rings. The van der Waals surface area contributed by atoms with Gasteiger partial charge in [-0.15, -0.1) is 11.8 Å². The maximum absolute atomic E-state index is 13.4. The number of nitrogens with two attached hydrogens (primary N) is 1. The van der Waals surface area contributed by atoms with Gasteiger partial charge in [0.2, 0.25) is 0 Å². The Labute approximate surface area is 261 Å². The largest absolute Gasteiger partial charge is 0.496 e. The predicted octanol–water partition coefficient (Wildman–Crippen LogP) is 5.14. The normalized spacial score (nSPS) is 22.9. The SMILES string of the molecule is CN1CCCC(N)(c2ccncc2)C1.COc1cc(C(F)(F)F)cc(SC)c1C(=O)NC1(c2ccncc2)CCCN(C)C1. The third-order valence-corrected chi connectivity index (χ3v) is 9.06. The van der Waals surface area contributed by atoms with E-state index < -0.39 is 23.2 Å². The van der Waals surface area contributed by atoms with E-state index in [0.717, 1.165) is 61.9 Å². The van der Waals surface area contributed by atoms with Gasteiger partial charge in [0.15, 0.2) is 0 Å². The molecule has 238 valence electrons. The van der Waals surface area contributed by atoms with E-state index >= 15 is 0 Å². The number of carbonyl (C=O) groups is 1. The summed E-state index contributed by atoms with van der Waals surface area (Å²) in [7, 11) is 5.37. The fraction of sp³-hybridized carbons (Fsp3) is 0.469. The number of benzene rings is 1. The lowest BCUT2D eigenvalue weighted by atomic mass is 9.82. The van der Waals surface area contributed by atoms with Crippen molar-refractivity contribution >= 4 is 17.7 Å². The molecule has 0 spiro atoms. The van der Waals surface area contributed by atoms with Gasteiger partial charge in [-0.25, -0.2) is 0 Å². The Morgan fingerprint density at radius 3 is 2.05 bits per heavy atom. The Kier molecular flexibility index (Phi) is 10.9. The van der Waals surface area contributed by atoms with Crippen molar-refractivity contribution in [3.05, 3.63) is 83.4 Å². The van der Waals surface area contributed by atoms with Crippen molar-refractivity contribution in [2.24, 2.45) is 5.73 Å². The first-order chi connectivity index (χ1) is 20.9. The maximum Gasteiger partial charge on any atom is 0.416 e. The van der Waals surface area contributed by atoms with Crippen LogP contribution in [-0.4, -0.2) is 79.3 Å². The van der Waals surface area contributed by atoms with Gasteiger partial charge in [-0.05, 0) is 107 Å². The van der Waals surface area contributed by atoms with Crippen molar-refractivity contribution in [1.82, 2.24) is 25.1 Å². The fourth-order valence-corrected chi connectivity index (χ4v) is 6.80. The second-order valence-corrected chi connectivity index (χ2v) is 12.4. The first-order valence-corrected chi connectivity index (χ1v) is 15.8. The number of alkyl halides is 3. The Hall–Kier alpha value is -3.19. The maximum atomic E-state index is 13.4. The molecule has 2 aromatic heterocycles. The quantitative estimate of drug-likeness (QED) is 0.362. The molecule has 4 heterocycles. The molecule has 12 heteroatoms. The summed E-state index contributed by atoms with van der Waals surface area (Å²) in [6, 6.07) is 9.64. The lowest BCUT2D eigenvalue weighted by Gasteiger charge is -2.42. The predicted molar refractivity (Wildman–Crippen MR) is 167 cm³/mol. The van der Waals surface area contributed by atoms with Gasteiger partial charge in [0.25, 0.3) is 5.91 Å². The highest BCUT2D eigenvalue weighted by Gasteiger charge is 2.40. The van der Waals surface area contributed by atoms with E-state index in [4.69, 9.17) is 10.5 Å². The van der Waals surface area contributed by atoms with E-state index in [1.807, 2.05) is 43.7 Å². The van der Waals surface area contributed by atoms with Crippen molar-refractivity contribution in [1.29, 1.82) is 0 Å². The molecule has 2 atom stereocenters. The number of nitrogens with one attached hydrogen (secondary N) is 1. The number of hydrogen-bond acceptors (Lipinski definition) is 8. The first kappa shape index (κ1) is 33.7. The molecule has 44 heavy (non-hydrogen) atoms. The van der Waals surface area contributed by atoms with E-state index in [0.29, 0.717) is 13.0 Å². The number of likely N-dealkylation sites (tertiary alicyclic amines) is 2. The molecule has 5 rings (SSSR count). The van der Waals surface area contributed by atoms with Gasteiger partial charge in [-0.2, -0.15) is 13.2 Å². The van der Waals surface area contributed by atoms with Crippen LogP contribution in [0.5, 0.6) is 5.75 Å². The van der Waals surface area contributed by atoms with E-state index in [-0.39, 0.29) is 21.7 Å². The average Bonchev–Trinajstić information content (AvgIpc) is 3.01. The Morgan fingerprint density at radius 2 is 1.52 bits per heavy atom. The van der Waals surface area contributed by atoms with Gasteiger partial charge in [0, 0.05) is 42.8 Å². The van der Waals surface area contributed by atoms with Crippen LogP contribution in [0.4, 0.5) is 13.2 Å². The zero-order valence-electron chi connectivity index (χ0n) is 25.7. The van der Waals surface area contributed by atoms with Crippen LogP contribution in [-0.2, 0) is 17.3 Å². The van der Waals surface area contributed by atoms with Crippen LogP contribution in [0.2, 0.25) is 0 Å². The van der Waals surface area contributed by atoms with Crippen LogP contribution >= 0.6 is 11.8 Å². The smallest absolute Gasteiger partial charge is 0.416 e. The highest BCUT2D eigenvalue weighted by molar-refractivity contribution is 7.98. The number of thioether (sulfide) groups is 1. The van der Waals surface area contributed by atoms with Gasteiger partial charge in [0.05, 0.1) is 29.3 Å². The van der Waals surface area contributed by atoms with Crippen LogP contribution in [0.15, 0.2) is 66.1 Å². The summed E-state index contributed by atoms with van der Waals surface area (Å²) in [4.78, 5) is 26.1. The Morgan fingerprint density at radius 1 is 0.955 bits per heavy atom. The van der Waals surface area contributed by atoms with Crippen molar-refractivity contribution in [2.75, 3.05) is 53.6 Å². The van der Waals surface area contributed by atoms with Crippen LogP contribution in [0.25, 0.3) is 0 Å². The summed E-state index contributed by atoms with van der Waals surface area (Å²) >= 11 is 1.08. The molecule has 0 radical (unpaired) electrons. The first-order valence-electron chi connectivity index (χ1n) is 14.5. The van der Waals surface area contributed by atoms with Crippen molar-refractivity contribution in [3.8, 4) is 5.75 Å². The van der Waals surface area contributed by atoms with Crippen molar-refractivity contribution in [3.63, 3.8) is 0 Å². The van der Waals surface area contributed by atoms with Crippen molar-refractivity contribution < 1.29 is 22.7 Å². The molecule has 1 amide bonds. The minimum atomic E-state index is -4.53. The summed E-state index contributed by atoms with van der Waals surface area (Å²) in [5.41, 5.74) is 6.94. The number of nitrogens with zero attached hydrogens (tertiary/aromatic N) is 4. The number of methoxy groups -OCH3 is 1. The van der Waals surface area contributed by atoms with Crippen LogP contribution in [0.1, 0.15) is 52.7 Å². The third-order valence-electron chi connectivity index (χ3n) is 8.30. The topological polar surface area (TPSA) is 96.6 Å². The second kappa shape index (κ2) is 14.3. The Balaban J connectivity index is 0.000000262. The van der Waals surface area contributed by atoms with Crippen LogP contribution in [0, 0.1) is 0 Å². The number of amides is 1. The van der Waals surface area contributed by atoms with Gasteiger partial charge in [0.1, 0.15) is 5.75 Å². The summed E-state index contributed by atoms with van der Waals surface area (Å²) in [5, 5.41) is 3.12. The standard InChI is InChI=1S/C21H24F3N3O2S.C11H17N3/c1-27-10-4-7-20(13-27,14-5-8-25-9-6-14)26-19(28)18-16(29-2)11-15(21(22,23)24)12-17(18)30-3;1-14-8-2-5-11(12,9-14)10-3-6-13-7-4-10/h5-6,8-9,11-12H,4,7,10,13H2,1-3H3,(H,26,28);3-4,6-7H,2,5,8-9,12H2,1H3. The van der Waals surface area contributed by atoms with Gasteiger partial charge >= 0.3 is 6.18 Å². The molecular weight excluding hydrogens is 589 g/mol. The number of piperidine rings is 2. The zero-order valence-corrected chi connectivity index (χ0v) is 26.5.